The smallest absolute Gasteiger partial charge is 0.338 e. The maximum absolute atomic E-state index is 13.8. The third-order valence-corrected chi connectivity index (χ3v) is 8.97. The lowest BCUT2D eigenvalue weighted by molar-refractivity contribution is -0.298. The summed E-state index contributed by atoms with van der Waals surface area (Å²) in [5.41, 5.74) is 2.12. The van der Waals surface area contributed by atoms with Crippen LogP contribution in [0.25, 0.3) is 6.08 Å². The maximum atomic E-state index is 13.8. The van der Waals surface area contributed by atoms with Crippen LogP contribution in [-0.2, 0) is 39.7 Å². The second-order valence-electron chi connectivity index (χ2n) is 12.4. The lowest BCUT2D eigenvalue weighted by Crippen LogP contribution is -2.59. The molecule has 2 aromatic carbocycles. The molecule has 2 amide bonds. The van der Waals surface area contributed by atoms with Crippen LogP contribution in [-0.4, -0.2) is 143 Å². The van der Waals surface area contributed by atoms with Crippen LogP contribution in [0.3, 0.4) is 0 Å². The molecule has 9 unspecified atom stereocenters. The van der Waals surface area contributed by atoms with E-state index in [2.05, 4.69) is 5.32 Å². The van der Waals surface area contributed by atoms with Crippen molar-refractivity contribution in [3.05, 3.63) is 89.0 Å². The Morgan fingerprint density at radius 1 is 1.00 bits per heavy atom. The molecule has 2 saturated heterocycles. The molecule has 6 N–H and O–H groups in total. The van der Waals surface area contributed by atoms with Crippen molar-refractivity contribution in [1.29, 1.82) is 0 Å². The van der Waals surface area contributed by atoms with Gasteiger partial charge >= 0.3 is 5.97 Å². The Kier molecular flexibility index (Phi) is 13.4. The molecule has 0 aromatic heterocycles. The molecule has 15 heteroatoms. The molecule has 15 nitrogen and oxygen atoms in total. The average molecular weight is 713 g/mol. The van der Waals surface area contributed by atoms with Gasteiger partial charge in [-0.3, -0.25) is 9.59 Å². The first-order chi connectivity index (χ1) is 24.6. The van der Waals surface area contributed by atoms with Crippen molar-refractivity contribution in [2.75, 3.05) is 40.2 Å². The lowest BCUT2D eigenvalue weighted by atomic mass is 9.90. The van der Waals surface area contributed by atoms with Gasteiger partial charge in [0.25, 0.3) is 0 Å². The summed E-state index contributed by atoms with van der Waals surface area (Å²) in [5.74, 6) is -1.49. The minimum absolute atomic E-state index is 0.0249. The van der Waals surface area contributed by atoms with Crippen LogP contribution >= 0.6 is 0 Å². The third-order valence-electron chi connectivity index (χ3n) is 8.97. The zero-order chi connectivity index (χ0) is 36.5. The minimum atomic E-state index is -1.54. The normalized spacial score (nSPS) is 28.1. The fraction of sp³-hybridized carbons (Fsp3) is 0.472. The Hall–Kier alpha value is -4.03. The Bertz CT molecular complexity index is 1530. The number of carbonyl (C=O) groups is 3. The van der Waals surface area contributed by atoms with Crippen molar-refractivity contribution in [3.63, 3.8) is 0 Å². The molecule has 2 fully saturated rings. The number of aliphatic hydroxyl groups excluding tert-OH is 5. The van der Waals surface area contributed by atoms with E-state index in [-0.39, 0.29) is 45.0 Å². The molecule has 276 valence electrons. The first-order valence-electron chi connectivity index (χ1n) is 16.6. The number of carbonyl (C=O) groups excluding carboxylic acids is 3. The monoisotopic (exact) mass is 712 g/mol. The fourth-order valence-electron chi connectivity index (χ4n) is 6.10. The Morgan fingerprint density at radius 3 is 2.45 bits per heavy atom. The number of nitrogens with zero attached hydrogens (tertiary/aromatic N) is 1. The van der Waals surface area contributed by atoms with Crippen molar-refractivity contribution in [3.8, 4) is 0 Å². The molecule has 0 saturated carbocycles. The number of likely N-dealkylation sites (N-methyl/N-ethyl adjacent to an activating group) is 1. The molecule has 9 atom stereocenters. The van der Waals surface area contributed by atoms with E-state index >= 15 is 0 Å². The van der Waals surface area contributed by atoms with Gasteiger partial charge in [0.2, 0.25) is 11.8 Å². The number of benzene rings is 2. The number of hydrogen-bond donors (Lipinski definition) is 6. The molecule has 5 rings (SSSR count). The van der Waals surface area contributed by atoms with E-state index in [9.17, 15) is 39.9 Å². The second kappa shape index (κ2) is 17.9. The Balaban J connectivity index is 1.19. The van der Waals surface area contributed by atoms with E-state index in [1.54, 1.807) is 42.5 Å². The molecular formula is C36H44N2O13. The summed E-state index contributed by atoms with van der Waals surface area (Å²) in [7, 11) is 1.53. The predicted molar refractivity (Wildman–Crippen MR) is 179 cm³/mol. The molecule has 0 bridgehead atoms. The van der Waals surface area contributed by atoms with Crippen molar-refractivity contribution in [2.24, 2.45) is 0 Å². The summed E-state index contributed by atoms with van der Waals surface area (Å²) < 4.78 is 28.0. The number of fused-ring (bicyclic) bond motifs is 1. The van der Waals surface area contributed by atoms with E-state index in [0.717, 1.165) is 5.56 Å². The number of aliphatic hydroxyl groups is 5. The standard InChI is InChI=1S/C36H44N2O13/c1-38(25(33(44)37-13-14-39)16-22-6-3-2-4-7-22)34(45)24-17-26-32(49-20-48-26)27(18-24)50-35(46)23-11-9-21(10-12-23)8-5-15-47-36-31(43)30(42)29(41)28(19-40)51-36/h2-12,17,25-32,36,39-43H,13-16,18-20H2,1H3,(H,37,44). The molecule has 2 aliphatic heterocycles. The van der Waals surface area contributed by atoms with Crippen molar-refractivity contribution < 1.29 is 63.6 Å². The van der Waals surface area contributed by atoms with E-state index in [4.69, 9.17) is 23.7 Å². The van der Waals surface area contributed by atoms with Gasteiger partial charge in [-0.05, 0) is 29.3 Å². The quantitative estimate of drug-likeness (QED) is 0.134. The SMILES string of the molecule is CN(C(=O)C1=CC2OCOC2C(OC(=O)c2ccc(C=CCOC3OC(CO)C(O)C(O)C3O)cc2)C1)C(Cc1ccccc1)C(=O)NCCO. The minimum Gasteiger partial charge on any atom is -0.456 e. The number of esters is 1. The lowest BCUT2D eigenvalue weighted by Gasteiger charge is -2.39. The van der Waals surface area contributed by atoms with Gasteiger partial charge in [0.15, 0.2) is 6.29 Å². The Morgan fingerprint density at radius 2 is 1.75 bits per heavy atom. The first kappa shape index (κ1) is 38.2. The van der Waals surface area contributed by atoms with E-state index in [1.807, 2.05) is 30.3 Å². The summed E-state index contributed by atoms with van der Waals surface area (Å²) in [6, 6.07) is 14.9. The summed E-state index contributed by atoms with van der Waals surface area (Å²) in [5, 5.41) is 51.1. The van der Waals surface area contributed by atoms with Gasteiger partial charge < -0.3 is 59.4 Å². The molecule has 2 heterocycles. The van der Waals surface area contributed by atoms with Crippen LogP contribution in [0.1, 0.15) is 27.9 Å². The summed E-state index contributed by atoms with van der Waals surface area (Å²) >= 11 is 0. The zero-order valence-corrected chi connectivity index (χ0v) is 28.0. The van der Waals surface area contributed by atoms with Crippen LogP contribution < -0.4 is 5.32 Å². The van der Waals surface area contributed by atoms with Gasteiger partial charge in [-0.25, -0.2) is 4.79 Å². The van der Waals surface area contributed by atoms with Gasteiger partial charge in [0.1, 0.15) is 55.6 Å². The molecule has 3 aliphatic rings. The predicted octanol–water partition coefficient (Wildman–Crippen LogP) is -0.708. The van der Waals surface area contributed by atoms with Crippen molar-refractivity contribution in [1.82, 2.24) is 10.2 Å². The summed E-state index contributed by atoms with van der Waals surface area (Å²) in [6.45, 7) is -0.836. The summed E-state index contributed by atoms with van der Waals surface area (Å²) in [6.07, 6.45) is -3.73. The van der Waals surface area contributed by atoms with E-state index in [0.29, 0.717) is 11.1 Å². The van der Waals surface area contributed by atoms with Gasteiger partial charge in [-0.1, -0.05) is 54.6 Å². The average Bonchev–Trinajstić information content (AvgIpc) is 3.64. The van der Waals surface area contributed by atoms with Gasteiger partial charge in [0.05, 0.1) is 25.4 Å². The molecular weight excluding hydrogens is 668 g/mol. The number of ether oxygens (including phenoxy) is 5. The van der Waals surface area contributed by atoms with Crippen LogP contribution in [0.4, 0.5) is 0 Å². The summed E-state index contributed by atoms with van der Waals surface area (Å²) in [4.78, 5) is 41.5. The first-order valence-corrected chi connectivity index (χ1v) is 16.6. The van der Waals surface area contributed by atoms with Crippen molar-refractivity contribution >= 4 is 23.9 Å². The van der Waals surface area contributed by atoms with E-state index < -0.39 is 79.5 Å². The number of amides is 2. The highest BCUT2D eigenvalue weighted by atomic mass is 16.7. The highest BCUT2D eigenvalue weighted by Gasteiger charge is 2.45. The highest BCUT2D eigenvalue weighted by molar-refractivity contribution is 5.97. The van der Waals surface area contributed by atoms with Gasteiger partial charge in [-0.2, -0.15) is 0 Å². The van der Waals surface area contributed by atoms with Crippen LogP contribution in [0.5, 0.6) is 0 Å². The number of nitrogens with one attached hydrogen (secondary N) is 1. The van der Waals surface area contributed by atoms with Crippen LogP contribution in [0.15, 0.2) is 72.3 Å². The third kappa shape index (κ3) is 9.45. The Labute approximate surface area is 294 Å². The van der Waals surface area contributed by atoms with Gasteiger partial charge in [0, 0.05) is 32.0 Å². The highest BCUT2D eigenvalue weighted by Crippen LogP contribution is 2.32. The van der Waals surface area contributed by atoms with Crippen molar-refractivity contribution in [2.45, 2.75) is 67.9 Å². The fourth-order valence-corrected chi connectivity index (χ4v) is 6.10. The second-order valence-corrected chi connectivity index (χ2v) is 12.4. The molecule has 2 aromatic rings. The maximum Gasteiger partial charge on any atom is 0.338 e. The van der Waals surface area contributed by atoms with Crippen LogP contribution in [0.2, 0.25) is 0 Å². The van der Waals surface area contributed by atoms with Gasteiger partial charge in [-0.15, -0.1) is 0 Å². The van der Waals surface area contributed by atoms with Crippen LogP contribution in [0, 0.1) is 0 Å². The van der Waals surface area contributed by atoms with E-state index in [1.165, 1.54) is 11.9 Å². The molecule has 51 heavy (non-hydrogen) atoms. The zero-order valence-electron chi connectivity index (χ0n) is 28.0. The largest absolute Gasteiger partial charge is 0.456 e. The molecule has 0 spiro atoms. The topological polar surface area (TPSA) is 214 Å². The molecule has 0 radical (unpaired) electrons. The number of hydrogen-bond acceptors (Lipinski definition) is 13. The number of rotatable bonds is 14. The molecule has 1 aliphatic carbocycles.